The van der Waals surface area contributed by atoms with Crippen LogP contribution in [0.3, 0.4) is 0 Å². The number of pyridine rings is 1. The predicted octanol–water partition coefficient (Wildman–Crippen LogP) is 4.37. The number of rotatable bonds is 6. The molecule has 0 radical (unpaired) electrons. The van der Waals surface area contributed by atoms with E-state index in [2.05, 4.69) is 14.7 Å². The summed E-state index contributed by atoms with van der Waals surface area (Å²) in [6.07, 6.45) is 3.35. The zero-order valence-corrected chi connectivity index (χ0v) is 15.3. The highest BCUT2D eigenvalue weighted by Crippen LogP contribution is 2.30. The smallest absolute Gasteiger partial charge is 0.232 e. The van der Waals surface area contributed by atoms with Crippen LogP contribution in [0.25, 0.3) is 11.0 Å². The highest BCUT2D eigenvalue weighted by atomic mass is 35.5. The number of H-pyrrole nitrogens is 1. The Morgan fingerprint density at radius 1 is 1.33 bits per heavy atom. The monoisotopic (exact) mass is 411 g/mol. The average Bonchev–Trinajstić information content (AvgIpc) is 3.01. The number of hydrogen-bond donors (Lipinski definition) is 2. The third kappa shape index (κ3) is 4.12. The molecule has 0 saturated heterocycles. The van der Waals surface area contributed by atoms with E-state index in [1.54, 1.807) is 25.3 Å². The Labute approximate surface area is 161 Å². The van der Waals surface area contributed by atoms with E-state index in [4.69, 9.17) is 11.6 Å². The number of nitrogens with one attached hydrogen (secondary N) is 2. The van der Waals surface area contributed by atoms with Crippen molar-refractivity contribution >= 4 is 44.1 Å². The fourth-order valence-corrected chi connectivity index (χ4v) is 3.97. The normalized spacial score (nSPS) is 11.2. The molecule has 0 fully saturated rings. The highest BCUT2D eigenvalue weighted by molar-refractivity contribution is 7.92. The van der Waals surface area contributed by atoms with E-state index in [0.717, 1.165) is 0 Å². The maximum atomic E-state index is 14.9. The van der Waals surface area contributed by atoms with Crippen LogP contribution in [0, 0.1) is 5.82 Å². The first-order chi connectivity index (χ1) is 12.3. The van der Waals surface area contributed by atoms with E-state index in [1.165, 1.54) is 18.3 Å². The van der Waals surface area contributed by atoms with Gasteiger partial charge in [-0.1, -0.05) is 26.0 Å². The van der Waals surface area contributed by atoms with E-state index in [0.29, 0.717) is 17.5 Å². The number of benzene rings is 1. The Balaban J connectivity index is 0.00000261. The van der Waals surface area contributed by atoms with Crippen LogP contribution < -0.4 is 4.72 Å². The number of sulfonamides is 1. The van der Waals surface area contributed by atoms with Crippen molar-refractivity contribution in [3.8, 4) is 0 Å². The third-order valence-electron chi connectivity index (χ3n) is 3.75. The molecule has 2 heterocycles. The predicted molar refractivity (Wildman–Crippen MR) is 105 cm³/mol. The van der Waals surface area contributed by atoms with Gasteiger partial charge in [0.2, 0.25) is 10.0 Å². The SMILES string of the molecule is C.CCCS(=O)(=O)Nc1ccc(Cl)c(C(=O)c2c[nH]c3ncccc23)c1F. The van der Waals surface area contributed by atoms with Gasteiger partial charge in [-0.25, -0.2) is 17.8 Å². The molecular formula is C18H19ClFN3O3S. The summed E-state index contributed by atoms with van der Waals surface area (Å²) >= 11 is 6.03. The minimum atomic E-state index is -3.71. The Morgan fingerprint density at radius 2 is 2.07 bits per heavy atom. The van der Waals surface area contributed by atoms with Gasteiger partial charge in [-0.2, -0.15) is 0 Å². The summed E-state index contributed by atoms with van der Waals surface area (Å²) in [5.41, 5.74) is -0.0352. The number of aromatic nitrogens is 2. The standard InChI is InChI=1S/C17H15ClFN3O3S.CH4/c1-2-8-26(24,25)22-13-6-5-12(18)14(15(13)19)16(23)11-9-21-17-10(11)4-3-7-20-17;/h3-7,9,22H,2,8H2,1H3,(H,20,21);1H4. The number of nitrogens with zero attached hydrogens (tertiary/aromatic N) is 1. The molecule has 0 unspecified atom stereocenters. The number of anilines is 1. The lowest BCUT2D eigenvalue weighted by Crippen LogP contribution is -2.18. The molecular weight excluding hydrogens is 393 g/mol. The first kappa shape index (κ1) is 20.9. The number of ketones is 1. The van der Waals surface area contributed by atoms with E-state index < -0.39 is 27.2 Å². The van der Waals surface area contributed by atoms with E-state index in [1.807, 2.05) is 0 Å². The largest absolute Gasteiger partial charge is 0.345 e. The van der Waals surface area contributed by atoms with Gasteiger partial charge in [-0.05, 0) is 30.7 Å². The van der Waals surface area contributed by atoms with Crippen LogP contribution in [0.2, 0.25) is 5.02 Å². The number of carbonyl (C=O) groups excluding carboxylic acids is 1. The second-order valence-electron chi connectivity index (χ2n) is 5.64. The average molecular weight is 412 g/mol. The van der Waals surface area contributed by atoms with E-state index >= 15 is 0 Å². The summed E-state index contributed by atoms with van der Waals surface area (Å²) in [4.78, 5) is 19.8. The number of hydrogen-bond acceptors (Lipinski definition) is 4. The quantitative estimate of drug-likeness (QED) is 0.589. The Bertz CT molecular complexity index is 1100. The maximum absolute atomic E-state index is 14.9. The minimum Gasteiger partial charge on any atom is -0.345 e. The van der Waals surface area contributed by atoms with E-state index in [-0.39, 0.29) is 29.5 Å². The maximum Gasteiger partial charge on any atom is 0.232 e. The van der Waals surface area contributed by atoms with Gasteiger partial charge in [0.15, 0.2) is 11.6 Å². The van der Waals surface area contributed by atoms with Crippen molar-refractivity contribution in [2.24, 2.45) is 0 Å². The van der Waals surface area contributed by atoms with Crippen LogP contribution in [0.1, 0.15) is 36.7 Å². The lowest BCUT2D eigenvalue weighted by Gasteiger charge is -2.12. The van der Waals surface area contributed by atoms with Gasteiger partial charge < -0.3 is 4.98 Å². The van der Waals surface area contributed by atoms with Crippen molar-refractivity contribution in [1.82, 2.24) is 9.97 Å². The summed E-state index contributed by atoms with van der Waals surface area (Å²) in [5.74, 6) is -1.84. The molecule has 0 aliphatic rings. The van der Waals surface area contributed by atoms with Crippen LogP contribution in [0.4, 0.5) is 10.1 Å². The summed E-state index contributed by atoms with van der Waals surface area (Å²) in [6, 6.07) is 5.80. The van der Waals surface area contributed by atoms with Crippen LogP contribution in [0.5, 0.6) is 0 Å². The van der Waals surface area contributed by atoms with Crippen molar-refractivity contribution in [3.05, 3.63) is 58.6 Å². The number of fused-ring (bicyclic) bond motifs is 1. The Kier molecular flexibility index (Phi) is 6.22. The summed E-state index contributed by atoms with van der Waals surface area (Å²) in [5, 5.41) is 0.411. The van der Waals surface area contributed by atoms with Crippen LogP contribution in [-0.4, -0.2) is 29.9 Å². The van der Waals surface area contributed by atoms with Crippen molar-refractivity contribution in [1.29, 1.82) is 0 Å². The van der Waals surface area contributed by atoms with Crippen molar-refractivity contribution in [2.45, 2.75) is 20.8 Å². The van der Waals surface area contributed by atoms with Gasteiger partial charge in [0.05, 0.1) is 22.0 Å². The number of halogens is 2. The first-order valence-electron chi connectivity index (χ1n) is 7.79. The summed E-state index contributed by atoms with van der Waals surface area (Å²) in [7, 11) is -3.71. The van der Waals surface area contributed by atoms with Crippen molar-refractivity contribution in [3.63, 3.8) is 0 Å². The minimum absolute atomic E-state index is 0. The van der Waals surface area contributed by atoms with Gasteiger partial charge >= 0.3 is 0 Å². The molecule has 144 valence electrons. The molecule has 2 aromatic heterocycles. The van der Waals surface area contributed by atoms with E-state index in [9.17, 15) is 17.6 Å². The number of carbonyl (C=O) groups is 1. The highest BCUT2D eigenvalue weighted by Gasteiger charge is 2.24. The molecule has 0 bridgehead atoms. The van der Waals surface area contributed by atoms with Gasteiger partial charge in [-0.15, -0.1) is 0 Å². The molecule has 1 aromatic carbocycles. The molecule has 0 atom stereocenters. The molecule has 0 aliphatic heterocycles. The number of aromatic amines is 1. The van der Waals surface area contributed by atoms with Gasteiger partial charge in [0, 0.05) is 23.3 Å². The lowest BCUT2D eigenvalue weighted by atomic mass is 10.0. The molecule has 0 amide bonds. The zero-order valence-electron chi connectivity index (χ0n) is 13.7. The molecule has 0 spiro atoms. The topological polar surface area (TPSA) is 91.9 Å². The fourth-order valence-electron chi connectivity index (χ4n) is 2.61. The molecule has 27 heavy (non-hydrogen) atoms. The fraction of sp³-hybridized carbons (Fsp3) is 0.222. The van der Waals surface area contributed by atoms with Crippen molar-refractivity contribution < 1.29 is 17.6 Å². The van der Waals surface area contributed by atoms with Crippen LogP contribution >= 0.6 is 11.6 Å². The van der Waals surface area contributed by atoms with Gasteiger partial charge in [-0.3, -0.25) is 9.52 Å². The van der Waals surface area contributed by atoms with Crippen molar-refractivity contribution in [2.75, 3.05) is 10.5 Å². The third-order valence-corrected chi connectivity index (χ3v) is 5.54. The zero-order chi connectivity index (χ0) is 18.9. The van der Waals surface area contributed by atoms with Crippen LogP contribution in [0.15, 0.2) is 36.7 Å². The second-order valence-corrected chi connectivity index (χ2v) is 7.88. The van der Waals surface area contributed by atoms with Crippen LogP contribution in [-0.2, 0) is 10.0 Å². The molecule has 3 rings (SSSR count). The Hall–Kier alpha value is -2.45. The van der Waals surface area contributed by atoms with Gasteiger partial charge in [0.1, 0.15) is 5.65 Å². The molecule has 0 aliphatic carbocycles. The van der Waals surface area contributed by atoms with Gasteiger partial charge in [0.25, 0.3) is 0 Å². The molecule has 6 nitrogen and oxygen atoms in total. The molecule has 0 saturated carbocycles. The summed E-state index contributed by atoms with van der Waals surface area (Å²) in [6.45, 7) is 1.69. The first-order valence-corrected chi connectivity index (χ1v) is 9.82. The second kappa shape index (κ2) is 8.06. The summed E-state index contributed by atoms with van der Waals surface area (Å²) < 4.78 is 40.9. The Morgan fingerprint density at radius 3 is 2.78 bits per heavy atom. The molecule has 3 aromatic rings. The molecule has 2 N–H and O–H groups in total. The molecule has 9 heteroatoms. The lowest BCUT2D eigenvalue weighted by molar-refractivity contribution is 0.103.